The first-order valence-electron chi connectivity index (χ1n) is 10.9. The molecule has 7 heteroatoms. The monoisotopic (exact) mass is 411 g/mol. The molecule has 3 rings (SSSR count). The number of aromatic nitrogens is 2. The number of aryl methyl sites for hydroxylation is 1. The highest BCUT2D eigenvalue weighted by molar-refractivity contribution is 5.96. The lowest BCUT2D eigenvalue weighted by atomic mass is 10.2. The zero-order valence-electron chi connectivity index (χ0n) is 18.6. The molecule has 0 saturated carbocycles. The molecule has 0 bridgehead atoms. The van der Waals surface area contributed by atoms with E-state index in [1.807, 2.05) is 66.3 Å². The normalized spacial score (nSPS) is 15.1. The van der Waals surface area contributed by atoms with Crippen molar-refractivity contribution in [2.75, 3.05) is 45.8 Å². The average Bonchev–Trinajstić information content (AvgIpc) is 2.90. The van der Waals surface area contributed by atoms with Crippen LogP contribution in [0.25, 0.3) is 5.82 Å². The molecule has 2 aromatic heterocycles. The zero-order chi connectivity index (χ0) is 21.7. The molecule has 0 atom stereocenters. The third kappa shape index (κ3) is 4.73. The molecule has 1 saturated heterocycles. The summed E-state index contributed by atoms with van der Waals surface area (Å²) in [5.41, 5.74) is 2.63. The van der Waals surface area contributed by atoms with Crippen molar-refractivity contribution in [3.8, 4) is 5.82 Å². The first-order chi connectivity index (χ1) is 14.5. The van der Waals surface area contributed by atoms with E-state index >= 15 is 0 Å². The van der Waals surface area contributed by atoms with Crippen LogP contribution in [0.4, 0.5) is 0 Å². The van der Waals surface area contributed by atoms with Crippen molar-refractivity contribution < 1.29 is 9.59 Å². The molecule has 0 aromatic carbocycles. The number of likely N-dealkylation sites (N-methyl/N-ethyl adjacent to an activating group) is 1. The fourth-order valence-electron chi connectivity index (χ4n) is 4.19. The number of pyridine rings is 1. The van der Waals surface area contributed by atoms with Gasteiger partial charge in [-0.15, -0.1) is 0 Å². The van der Waals surface area contributed by atoms with Crippen LogP contribution in [0, 0.1) is 13.8 Å². The van der Waals surface area contributed by atoms with Crippen LogP contribution in [0.3, 0.4) is 0 Å². The molecule has 0 unspecified atom stereocenters. The maximum atomic E-state index is 13.3. The van der Waals surface area contributed by atoms with Crippen LogP contribution < -0.4 is 0 Å². The van der Waals surface area contributed by atoms with Crippen LogP contribution in [0.5, 0.6) is 0 Å². The van der Waals surface area contributed by atoms with Crippen molar-refractivity contribution in [3.63, 3.8) is 0 Å². The van der Waals surface area contributed by atoms with Crippen molar-refractivity contribution in [1.29, 1.82) is 0 Å². The van der Waals surface area contributed by atoms with Gasteiger partial charge in [0.25, 0.3) is 5.91 Å². The highest BCUT2D eigenvalue weighted by Gasteiger charge is 2.25. The molecule has 1 fully saturated rings. The van der Waals surface area contributed by atoms with Crippen molar-refractivity contribution in [3.05, 3.63) is 47.4 Å². The second kappa shape index (κ2) is 9.89. The van der Waals surface area contributed by atoms with Gasteiger partial charge in [-0.2, -0.15) is 0 Å². The first kappa shape index (κ1) is 22.0. The van der Waals surface area contributed by atoms with Gasteiger partial charge >= 0.3 is 0 Å². The van der Waals surface area contributed by atoms with Crippen molar-refractivity contribution in [2.45, 2.75) is 34.1 Å². The van der Waals surface area contributed by atoms with Gasteiger partial charge in [0, 0.05) is 56.9 Å². The molecule has 7 nitrogen and oxygen atoms in total. The van der Waals surface area contributed by atoms with Gasteiger partial charge in [-0.05, 0) is 52.3 Å². The van der Waals surface area contributed by atoms with Crippen molar-refractivity contribution in [1.82, 2.24) is 24.3 Å². The van der Waals surface area contributed by atoms with E-state index in [9.17, 15) is 9.59 Å². The third-order valence-corrected chi connectivity index (χ3v) is 5.89. The fourth-order valence-corrected chi connectivity index (χ4v) is 4.19. The van der Waals surface area contributed by atoms with E-state index in [1.54, 1.807) is 6.20 Å². The molecule has 1 aliphatic rings. The maximum Gasteiger partial charge on any atom is 0.255 e. The molecule has 2 aromatic rings. The molecule has 0 N–H and O–H groups in total. The number of hydrogen-bond acceptors (Lipinski definition) is 4. The molecule has 30 heavy (non-hydrogen) atoms. The summed E-state index contributed by atoms with van der Waals surface area (Å²) >= 11 is 0. The summed E-state index contributed by atoms with van der Waals surface area (Å²) in [7, 11) is 0. The summed E-state index contributed by atoms with van der Waals surface area (Å²) in [6.45, 7) is 12.8. The van der Waals surface area contributed by atoms with Gasteiger partial charge in [0.2, 0.25) is 5.91 Å². The van der Waals surface area contributed by atoms with Crippen LogP contribution >= 0.6 is 0 Å². The molecule has 162 valence electrons. The van der Waals surface area contributed by atoms with E-state index in [1.165, 1.54) is 0 Å². The number of carbonyl (C=O) groups is 2. The fraction of sp³-hybridized carbons (Fsp3) is 0.522. The highest BCUT2D eigenvalue weighted by Crippen LogP contribution is 2.21. The Morgan fingerprint density at radius 3 is 2.50 bits per heavy atom. The Labute approximate surface area is 179 Å². The maximum absolute atomic E-state index is 13.3. The Hall–Kier alpha value is -2.67. The van der Waals surface area contributed by atoms with E-state index in [0.29, 0.717) is 19.6 Å². The zero-order valence-corrected chi connectivity index (χ0v) is 18.6. The summed E-state index contributed by atoms with van der Waals surface area (Å²) < 4.78 is 2.03. The van der Waals surface area contributed by atoms with Crippen molar-refractivity contribution in [2.24, 2.45) is 0 Å². The topological polar surface area (TPSA) is 61.7 Å². The number of rotatable bonds is 6. The van der Waals surface area contributed by atoms with Gasteiger partial charge in [-0.25, -0.2) is 4.98 Å². The highest BCUT2D eigenvalue weighted by atomic mass is 16.2. The quantitative estimate of drug-likeness (QED) is 0.733. The largest absolute Gasteiger partial charge is 0.342 e. The van der Waals surface area contributed by atoms with Crippen LogP contribution in [0.15, 0.2) is 30.5 Å². The third-order valence-electron chi connectivity index (χ3n) is 5.89. The Balaban J connectivity index is 1.69. The number of amides is 2. The summed E-state index contributed by atoms with van der Waals surface area (Å²) in [6.07, 6.45) is 2.63. The molecule has 0 aliphatic carbocycles. The predicted molar refractivity (Wildman–Crippen MR) is 118 cm³/mol. The Kier molecular flexibility index (Phi) is 7.26. The van der Waals surface area contributed by atoms with Crippen LogP contribution in [0.2, 0.25) is 0 Å². The lowest BCUT2D eigenvalue weighted by molar-refractivity contribution is -0.132. The van der Waals surface area contributed by atoms with E-state index < -0.39 is 0 Å². The minimum absolute atomic E-state index is 0.0576. The predicted octanol–water partition coefficient (Wildman–Crippen LogP) is 2.51. The van der Waals surface area contributed by atoms with Crippen LogP contribution in [0.1, 0.15) is 42.0 Å². The van der Waals surface area contributed by atoms with Gasteiger partial charge in [-0.1, -0.05) is 6.07 Å². The summed E-state index contributed by atoms with van der Waals surface area (Å²) in [5, 5.41) is 0. The molecular weight excluding hydrogens is 378 g/mol. The van der Waals surface area contributed by atoms with E-state index in [-0.39, 0.29) is 11.8 Å². The summed E-state index contributed by atoms with van der Waals surface area (Å²) in [4.78, 5) is 36.1. The standard InChI is InChI=1S/C23H33N5O2/c1-5-26(6-2)22(29)17-25-12-9-13-27(15-14-25)23(30)20-16-18(3)28(19(20)4)21-10-7-8-11-24-21/h7-8,10-11,16H,5-6,9,12-15,17H2,1-4H3. The Morgan fingerprint density at radius 1 is 1.07 bits per heavy atom. The SMILES string of the molecule is CCN(CC)C(=O)CN1CCCN(C(=O)c2cc(C)n(-c3ccccn3)c2C)CC1. The van der Waals surface area contributed by atoms with Gasteiger partial charge < -0.3 is 14.4 Å². The molecule has 2 amide bonds. The first-order valence-corrected chi connectivity index (χ1v) is 10.9. The number of hydrogen-bond donors (Lipinski definition) is 0. The molecule has 0 radical (unpaired) electrons. The minimum Gasteiger partial charge on any atom is -0.342 e. The minimum atomic E-state index is 0.0576. The van der Waals surface area contributed by atoms with Gasteiger partial charge in [0.1, 0.15) is 5.82 Å². The van der Waals surface area contributed by atoms with Gasteiger partial charge in [0.05, 0.1) is 12.1 Å². The molecule has 1 aliphatic heterocycles. The van der Waals surface area contributed by atoms with E-state index in [2.05, 4.69) is 9.88 Å². The molecule has 0 spiro atoms. The molecule has 3 heterocycles. The second-order valence-electron chi connectivity index (χ2n) is 7.80. The lowest BCUT2D eigenvalue weighted by Crippen LogP contribution is -2.42. The Bertz CT molecular complexity index is 873. The second-order valence-corrected chi connectivity index (χ2v) is 7.80. The van der Waals surface area contributed by atoms with E-state index in [0.717, 1.165) is 55.4 Å². The smallest absolute Gasteiger partial charge is 0.255 e. The average molecular weight is 412 g/mol. The number of nitrogens with zero attached hydrogens (tertiary/aromatic N) is 5. The van der Waals surface area contributed by atoms with Gasteiger partial charge in [0.15, 0.2) is 0 Å². The van der Waals surface area contributed by atoms with Crippen LogP contribution in [-0.4, -0.2) is 81.9 Å². The van der Waals surface area contributed by atoms with E-state index in [4.69, 9.17) is 0 Å². The van der Waals surface area contributed by atoms with Gasteiger partial charge in [-0.3, -0.25) is 14.5 Å². The lowest BCUT2D eigenvalue weighted by Gasteiger charge is -2.25. The number of carbonyl (C=O) groups excluding carboxylic acids is 2. The van der Waals surface area contributed by atoms with Crippen LogP contribution in [-0.2, 0) is 4.79 Å². The summed E-state index contributed by atoms with van der Waals surface area (Å²) in [5.74, 6) is 1.05. The Morgan fingerprint density at radius 2 is 1.83 bits per heavy atom. The molecular formula is C23H33N5O2. The summed E-state index contributed by atoms with van der Waals surface area (Å²) in [6, 6.07) is 7.74. The van der Waals surface area contributed by atoms with Crippen molar-refractivity contribution >= 4 is 11.8 Å².